The largest absolute Gasteiger partial charge is 0.508 e. The first-order chi connectivity index (χ1) is 10.8. The molecule has 1 aliphatic carbocycles. The summed E-state index contributed by atoms with van der Waals surface area (Å²) in [6.45, 7) is 1.44. The molecular weight excluding hydrogens is 300 g/mol. The number of methoxy groups -OCH3 is 1. The van der Waals surface area contributed by atoms with E-state index < -0.39 is 17.7 Å². The van der Waals surface area contributed by atoms with Crippen LogP contribution in [0, 0.1) is 0 Å². The predicted molar refractivity (Wildman–Crippen MR) is 80.3 cm³/mol. The molecule has 118 valence electrons. The van der Waals surface area contributed by atoms with Crippen molar-refractivity contribution in [1.82, 2.24) is 0 Å². The molecule has 0 saturated carbocycles. The number of fused-ring (bicyclic) bond motifs is 2. The van der Waals surface area contributed by atoms with Crippen LogP contribution in [0.15, 0.2) is 24.3 Å². The molecule has 0 fully saturated rings. The van der Waals surface area contributed by atoms with Gasteiger partial charge in [-0.25, -0.2) is 0 Å². The molecule has 0 heterocycles. The number of aliphatic hydroxyl groups excluding tert-OH is 1. The number of ether oxygens (including phenoxy) is 1. The van der Waals surface area contributed by atoms with Crippen LogP contribution in [0.2, 0.25) is 0 Å². The number of hydrogen-bond donors (Lipinski definition) is 3. The number of carbonyl (C=O) groups is 2. The number of aromatic hydroxyl groups is 2. The Kier molecular flexibility index (Phi) is 3.34. The van der Waals surface area contributed by atoms with Crippen LogP contribution in [0.3, 0.4) is 0 Å². The zero-order valence-electron chi connectivity index (χ0n) is 12.5. The molecule has 0 spiro atoms. The fourth-order valence-corrected chi connectivity index (χ4v) is 2.73. The van der Waals surface area contributed by atoms with Crippen molar-refractivity contribution in [2.45, 2.75) is 13.0 Å². The molecule has 2 aromatic carbocycles. The second kappa shape index (κ2) is 5.10. The van der Waals surface area contributed by atoms with Gasteiger partial charge in [0.2, 0.25) is 0 Å². The van der Waals surface area contributed by atoms with Gasteiger partial charge in [0, 0.05) is 28.3 Å². The Labute approximate surface area is 131 Å². The predicted octanol–water partition coefficient (Wildman–Crippen LogP) is 1.94. The van der Waals surface area contributed by atoms with Gasteiger partial charge < -0.3 is 20.1 Å². The number of carbonyl (C=O) groups excluding carboxylic acids is 2. The summed E-state index contributed by atoms with van der Waals surface area (Å²) >= 11 is 0. The lowest BCUT2D eigenvalue weighted by Crippen LogP contribution is -2.21. The molecule has 0 saturated heterocycles. The minimum absolute atomic E-state index is 0.00938. The normalized spacial score (nSPS) is 14.2. The summed E-state index contributed by atoms with van der Waals surface area (Å²) in [5.74, 6) is -1.44. The minimum Gasteiger partial charge on any atom is -0.508 e. The third kappa shape index (κ3) is 2.15. The third-order valence-corrected chi connectivity index (χ3v) is 3.90. The Bertz CT molecular complexity index is 851. The molecule has 0 radical (unpaired) electrons. The van der Waals surface area contributed by atoms with E-state index in [-0.39, 0.29) is 45.1 Å². The summed E-state index contributed by atoms with van der Waals surface area (Å²) in [7, 11) is 1.38. The Hall–Kier alpha value is -2.86. The molecule has 6 nitrogen and oxygen atoms in total. The highest BCUT2D eigenvalue weighted by atomic mass is 16.5. The van der Waals surface area contributed by atoms with Crippen LogP contribution >= 0.6 is 0 Å². The number of phenols is 2. The number of rotatable bonds is 2. The van der Waals surface area contributed by atoms with E-state index >= 15 is 0 Å². The molecular formula is C17H14O6. The number of aliphatic hydroxyl groups is 1. The number of hydrogen-bond acceptors (Lipinski definition) is 6. The van der Waals surface area contributed by atoms with Crippen LogP contribution in [0.25, 0.3) is 0 Å². The summed E-state index contributed by atoms with van der Waals surface area (Å²) in [5.41, 5.74) is 0.128. The maximum atomic E-state index is 12.7. The molecule has 0 bridgehead atoms. The lowest BCUT2D eigenvalue weighted by molar-refractivity contribution is 0.0975. The van der Waals surface area contributed by atoms with Crippen molar-refractivity contribution in [3.05, 3.63) is 52.1 Å². The Morgan fingerprint density at radius 2 is 1.57 bits per heavy atom. The Morgan fingerprint density at radius 1 is 0.913 bits per heavy atom. The molecule has 0 aliphatic heterocycles. The van der Waals surface area contributed by atoms with Gasteiger partial charge in [-0.2, -0.15) is 0 Å². The fourth-order valence-electron chi connectivity index (χ4n) is 2.73. The van der Waals surface area contributed by atoms with Gasteiger partial charge in [-0.15, -0.1) is 0 Å². The fraction of sp³-hybridized carbons (Fsp3) is 0.176. The number of benzene rings is 2. The van der Waals surface area contributed by atoms with Gasteiger partial charge in [0.05, 0.1) is 18.8 Å². The smallest absolute Gasteiger partial charge is 0.198 e. The maximum absolute atomic E-state index is 12.7. The zero-order valence-corrected chi connectivity index (χ0v) is 12.5. The van der Waals surface area contributed by atoms with Crippen molar-refractivity contribution in [3.63, 3.8) is 0 Å². The maximum Gasteiger partial charge on any atom is 0.198 e. The quantitative estimate of drug-likeness (QED) is 0.668. The van der Waals surface area contributed by atoms with Crippen molar-refractivity contribution in [3.8, 4) is 17.2 Å². The van der Waals surface area contributed by atoms with Gasteiger partial charge in [-0.3, -0.25) is 9.59 Å². The van der Waals surface area contributed by atoms with E-state index in [1.807, 2.05) is 0 Å². The van der Waals surface area contributed by atoms with Crippen LogP contribution in [0.1, 0.15) is 50.4 Å². The highest BCUT2D eigenvalue weighted by molar-refractivity contribution is 6.29. The van der Waals surface area contributed by atoms with Gasteiger partial charge >= 0.3 is 0 Å². The van der Waals surface area contributed by atoms with Crippen LogP contribution in [-0.4, -0.2) is 34.0 Å². The Morgan fingerprint density at radius 3 is 2.17 bits per heavy atom. The monoisotopic (exact) mass is 314 g/mol. The molecule has 0 amide bonds. The van der Waals surface area contributed by atoms with E-state index in [0.717, 1.165) is 6.07 Å². The molecule has 23 heavy (non-hydrogen) atoms. The highest BCUT2D eigenvalue weighted by Crippen LogP contribution is 2.38. The first kappa shape index (κ1) is 15.1. The van der Waals surface area contributed by atoms with Crippen molar-refractivity contribution >= 4 is 11.6 Å². The van der Waals surface area contributed by atoms with Crippen molar-refractivity contribution in [2.75, 3.05) is 7.11 Å². The second-order valence-corrected chi connectivity index (χ2v) is 5.36. The standard InChI is InChI=1S/C17H14O6/c1-7(18)9-5-10-11(6-13(9)19)17(22)15-12(16(10)21)3-8(23-2)4-14(15)20/h3-7,18-20H,1-2H3. The van der Waals surface area contributed by atoms with E-state index in [9.17, 15) is 24.9 Å². The van der Waals surface area contributed by atoms with Gasteiger partial charge in [-0.05, 0) is 25.1 Å². The zero-order chi connectivity index (χ0) is 16.9. The molecule has 6 heteroatoms. The molecule has 3 rings (SSSR count). The first-order valence-corrected chi connectivity index (χ1v) is 6.90. The number of phenolic OH excluding ortho intramolecular Hbond substituents is 2. The first-order valence-electron chi connectivity index (χ1n) is 6.90. The molecule has 2 aromatic rings. The van der Waals surface area contributed by atoms with Crippen LogP contribution in [0.4, 0.5) is 0 Å². The van der Waals surface area contributed by atoms with E-state index in [0.29, 0.717) is 0 Å². The average Bonchev–Trinajstić information content (AvgIpc) is 2.51. The topological polar surface area (TPSA) is 104 Å². The summed E-state index contributed by atoms with van der Waals surface area (Å²) in [5, 5.41) is 29.6. The van der Waals surface area contributed by atoms with Crippen molar-refractivity contribution < 1.29 is 29.6 Å². The molecule has 3 N–H and O–H groups in total. The molecule has 1 unspecified atom stereocenters. The summed E-state index contributed by atoms with van der Waals surface area (Å²) in [6.07, 6.45) is -0.997. The SMILES string of the molecule is COc1cc(O)c2c(c1)C(=O)c1cc(C(C)O)c(O)cc1C2=O. The van der Waals surface area contributed by atoms with Crippen LogP contribution in [0.5, 0.6) is 17.2 Å². The van der Waals surface area contributed by atoms with Gasteiger partial charge in [0.15, 0.2) is 11.6 Å². The molecule has 1 atom stereocenters. The summed E-state index contributed by atoms with van der Waals surface area (Å²) in [4.78, 5) is 25.3. The second-order valence-electron chi connectivity index (χ2n) is 5.36. The van der Waals surface area contributed by atoms with E-state index in [4.69, 9.17) is 4.74 Å². The third-order valence-electron chi connectivity index (χ3n) is 3.90. The summed E-state index contributed by atoms with van der Waals surface area (Å²) < 4.78 is 5.01. The lowest BCUT2D eigenvalue weighted by Gasteiger charge is -2.21. The van der Waals surface area contributed by atoms with E-state index in [1.54, 1.807) is 0 Å². The average molecular weight is 314 g/mol. The van der Waals surface area contributed by atoms with Crippen LogP contribution in [-0.2, 0) is 0 Å². The number of ketones is 2. The van der Waals surface area contributed by atoms with Gasteiger partial charge in [0.1, 0.15) is 17.2 Å². The van der Waals surface area contributed by atoms with Crippen molar-refractivity contribution in [1.29, 1.82) is 0 Å². The lowest BCUT2D eigenvalue weighted by atomic mass is 9.82. The molecule has 1 aliphatic rings. The Balaban J connectivity index is 2.29. The van der Waals surface area contributed by atoms with E-state index in [2.05, 4.69) is 0 Å². The van der Waals surface area contributed by atoms with Gasteiger partial charge in [-0.1, -0.05) is 0 Å². The van der Waals surface area contributed by atoms with Crippen molar-refractivity contribution in [2.24, 2.45) is 0 Å². The summed E-state index contributed by atoms with van der Waals surface area (Å²) in [6, 6.07) is 5.07. The van der Waals surface area contributed by atoms with Crippen LogP contribution < -0.4 is 4.74 Å². The van der Waals surface area contributed by atoms with Gasteiger partial charge in [0.25, 0.3) is 0 Å². The highest BCUT2D eigenvalue weighted by Gasteiger charge is 2.34. The minimum atomic E-state index is -0.997. The molecule has 0 aromatic heterocycles. The van der Waals surface area contributed by atoms with E-state index in [1.165, 1.54) is 32.2 Å².